The summed E-state index contributed by atoms with van der Waals surface area (Å²) >= 11 is 0. The van der Waals surface area contributed by atoms with Crippen molar-refractivity contribution in [2.45, 2.75) is 6.92 Å². The Morgan fingerprint density at radius 1 is 0.944 bits per heavy atom. The van der Waals surface area contributed by atoms with Crippen molar-refractivity contribution in [3.63, 3.8) is 0 Å². The number of hydrogen-bond acceptors (Lipinski definition) is 3. The molecular weight excluding hydrogens is 224 g/mol. The van der Waals surface area contributed by atoms with Gasteiger partial charge in [-0.05, 0) is 24.3 Å². The van der Waals surface area contributed by atoms with Crippen molar-refractivity contribution >= 4 is 16.6 Å². The Kier molecular flexibility index (Phi) is 2.65. The summed E-state index contributed by atoms with van der Waals surface area (Å²) in [6.07, 6.45) is 0. The summed E-state index contributed by atoms with van der Waals surface area (Å²) in [5, 5.41) is 0.923. The molecule has 0 aliphatic carbocycles. The molecule has 3 heteroatoms. The molecule has 0 aliphatic heterocycles. The number of aryl methyl sites for hydroxylation is 1. The van der Waals surface area contributed by atoms with Gasteiger partial charge in [-0.25, -0.2) is 9.98 Å². The second kappa shape index (κ2) is 4.45. The Morgan fingerprint density at radius 3 is 2.50 bits per heavy atom. The molecule has 0 amide bonds. The lowest BCUT2D eigenvalue weighted by atomic mass is 10.2. The lowest BCUT2D eigenvalue weighted by Crippen LogP contribution is -2.04. The Bertz CT molecular complexity index is 745. The van der Waals surface area contributed by atoms with Gasteiger partial charge < -0.3 is 4.42 Å². The molecule has 3 rings (SSSR count). The molecule has 0 N–H and O–H groups in total. The van der Waals surface area contributed by atoms with Gasteiger partial charge in [0.05, 0.1) is 16.6 Å². The summed E-state index contributed by atoms with van der Waals surface area (Å²) in [5.41, 5.74) is 2.37. The number of para-hydroxylation sites is 2. The van der Waals surface area contributed by atoms with Gasteiger partial charge in [-0.3, -0.25) is 0 Å². The van der Waals surface area contributed by atoms with Gasteiger partial charge >= 0.3 is 0 Å². The van der Waals surface area contributed by atoms with Crippen molar-refractivity contribution in [3.05, 3.63) is 66.0 Å². The second-order valence-electron chi connectivity index (χ2n) is 4.00. The van der Waals surface area contributed by atoms with Crippen LogP contribution in [-0.4, -0.2) is 4.98 Å². The molecule has 0 unspecified atom stereocenters. The molecule has 1 heterocycles. The summed E-state index contributed by atoms with van der Waals surface area (Å²) in [4.78, 5) is 8.87. The van der Waals surface area contributed by atoms with Crippen LogP contribution in [0.15, 0.2) is 64.0 Å². The molecule has 0 saturated carbocycles. The predicted octanol–water partition coefficient (Wildman–Crippen LogP) is 3.37. The summed E-state index contributed by atoms with van der Waals surface area (Å²) < 4.78 is 5.62. The quantitative estimate of drug-likeness (QED) is 0.649. The summed E-state index contributed by atoms with van der Waals surface area (Å²) in [6, 6.07) is 17.6. The van der Waals surface area contributed by atoms with Crippen molar-refractivity contribution in [2.24, 2.45) is 4.99 Å². The molecule has 0 aliphatic rings. The van der Waals surface area contributed by atoms with Crippen molar-refractivity contribution in [1.29, 1.82) is 0 Å². The topological polar surface area (TPSA) is 38.4 Å². The highest BCUT2D eigenvalue weighted by molar-refractivity contribution is 5.76. The van der Waals surface area contributed by atoms with Crippen molar-refractivity contribution in [1.82, 2.24) is 4.98 Å². The minimum atomic E-state index is 0.601. The summed E-state index contributed by atoms with van der Waals surface area (Å²) in [7, 11) is 0. The minimum Gasteiger partial charge on any atom is -0.424 e. The zero-order valence-electron chi connectivity index (χ0n) is 10.00. The van der Waals surface area contributed by atoms with Crippen LogP contribution in [0, 0.1) is 6.92 Å². The van der Waals surface area contributed by atoms with Crippen molar-refractivity contribution in [2.75, 3.05) is 0 Å². The highest BCUT2D eigenvalue weighted by Crippen LogP contribution is 2.11. The Labute approximate surface area is 104 Å². The van der Waals surface area contributed by atoms with E-state index in [0.29, 0.717) is 11.4 Å². The first-order valence-corrected chi connectivity index (χ1v) is 5.79. The fraction of sp³-hybridized carbons (Fsp3) is 0.0667. The molecule has 0 radical (unpaired) electrons. The SMILES string of the molecule is Cc1nc2ccccc2c(=Nc2ccccc2)o1. The van der Waals surface area contributed by atoms with E-state index in [9.17, 15) is 0 Å². The van der Waals surface area contributed by atoms with E-state index in [1.165, 1.54) is 0 Å². The van der Waals surface area contributed by atoms with Crippen LogP contribution in [0.5, 0.6) is 0 Å². The number of benzene rings is 2. The maximum absolute atomic E-state index is 5.62. The second-order valence-corrected chi connectivity index (χ2v) is 4.00. The predicted molar refractivity (Wildman–Crippen MR) is 70.4 cm³/mol. The van der Waals surface area contributed by atoms with Crippen LogP contribution in [0.1, 0.15) is 5.89 Å². The summed E-state index contributed by atoms with van der Waals surface area (Å²) in [6.45, 7) is 1.83. The van der Waals surface area contributed by atoms with Gasteiger partial charge in [0, 0.05) is 6.92 Å². The average molecular weight is 236 g/mol. The maximum atomic E-state index is 5.62. The number of hydrogen-bond donors (Lipinski definition) is 0. The van der Waals surface area contributed by atoms with E-state index >= 15 is 0 Å². The Morgan fingerprint density at radius 2 is 1.67 bits per heavy atom. The van der Waals surface area contributed by atoms with Crippen LogP contribution in [-0.2, 0) is 0 Å². The molecule has 0 atom stereocenters. The third-order valence-corrected chi connectivity index (χ3v) is 2.64. The first kappa shape index (κ1) is 10.7. The van der Waals surface area contributed by atoms with E-state index < -0.39 is 0 Å². The molecule has 0 fully saturated rings. The Balaban J connectivity index is 2.32. The monoisotopic (exact) mass is 236 g/mol. The van der Waals surface area contributed by atoms with Gasteiger partial charge in [0.15, 0.2) is 5.89 Å². The zero-order valence-corrected chi connectivity index (χ0v) is 10.00. The highest BCUT2D eigenvalue weighted by Gasteiger charge is 2.00. The van der Waals surface area contributed by atoms with Crippen molar-refractivity contribution in [3.8, 4) is 0 Å². The summed E-state index contributed by atoms with van der Waals surface area (Å²) in [5.74, 6) is 0.614. The van der Waals surface area contributed by atoms with Gasteiger partial charge in [0.25, 0.3) is 0 Å². The van der Waals surface area contributed by atoms with Gasteiger partial charge in [-0.1, -0.05) is 30.3 Å². The largest absolute Gasteiger partial charge is 0.424 e. The smallest absolute Gasteiger partial charge is 0.230 e. The number of aromatic nitrogens is 1. The third-order valence-electron chi connectivity index (χ3n) is 2.64. The van der Waals surface area contributed by atoms with Crippen LogP contribution in [0.3, 0.4) is 0 Å². The van der Waals surface area contributed by atoms with Crippen LogP contribution in [0.25, 0.3) is 10.9 Å². The molecule has 88 valence electrons. The van der Waals surface area contributed by atoms with Crippen LogP contribution in [0.2, 0.25) is 0 Å². The highest BCUT2D eigenvalue weighted by atomic mass is 16.3. The molecule has 18 heavy (non-hydrogen) atoms. The van der Waals surface area contributed by atoms with E-state index in [2.05, 4.69) is 9.98 Å². The molecule has 2 aromatic carbocycles. The molecule has 0 spiro atoms. The fourth-order valence-corrected chi connectivity index (χ4v) is 1.84. The minimum absolute atomic E-state index is 0.601. The molecule has 0 saturated heterocycles. The molecule has 3 aromatic rings. The van der Waals surface area contributed by atoms with Gasteiger partial charge in [0.1, 0.15) is 0 Å². The van der Waals surface area contributed by atoms with E-state index in [0.717, 1.165) is 16.6 Å². The molecule has 0 bridgehead atoms. The van der Waals surface area contributed by atoms with Gasteiger partial charge in [0.2, 0.25) is 5.55 Å². The van der Waals surface area contributed by atoms with Crippen LogP contribution >= 0.6 is 0 Å². The molecular formula is C15H12N2O. The van der Waals surface area contributed by atoms with E-state index in [4.69, 9.17) is 4.42 Å². The van der Waals surface area contributed by atoms with E-state index in [1.807, 2.05) is 61.5 Å². The lowest BCUT2D eigenvalue weighted by molar-refractivity contribution is 0.456. The van der Waals surface area contributed by atoms with Gasteiger partial charge in [-0.15, -0.1) is 0 Å². The number of nitrogens with zero attached hydrogens (tertiary/aromatic N) is 2. The lowest BCUT2D eigenvalue weighted by Gasteiger charge is -1.99. The third kappa shape index (κ3) is 2.02. The molecule has 1 aromatic heterocycles. The number of rotatable bonds is 1. The first-order chi connectivity index (χ1) is 8.83. The van der Waals surface area contributed by atoms with Crippen molar-refractivity contribution < 1.29 is 4.42 Å². The maximum Gasteiger partial charge on any atom is 0.230 e. The normalized spacial score (nSPS) is 11.9. The zero-order chi connectivity index (χ0) is 12.4. The van der Waals surface area contributed by atoms with Gasteiger partial charge in [-0.2, -0.15) is 0 Å². The van der Waals surface area contributed by atoms with E-state index in [-0.39, 0.29) is 0 Å². The number of fused-ring (bicyclic) bond motifs is 1. The van der Waals surface area contributed by atoms with Crippen LogP contribution in [0.4, 0.5) is 5.69 Å². The average Bonchev–Trinajstić information content (AvgIpc) is 2.40. The van der Waals surface area contributed by atoms with Crippen LogP contribution < -0.4 is 5.55 Å². The molecule has 3 nitrogen and oxygen atoms in total. The van der Waals surface area contributed by atoms with E-state index in [1.54, 1.807) is 0 Å². The first-order valence-electron chi connectivity index (χ1n) is 5.79. The standard InChI is InChI=1S/C15H12N2O/c1-11-16-14-10-6-5-9-13(14)15(18-11)17-12-7-3-2-4-8-12/h2-10H,1H3. The fourth-order valence-electron chi connectivity index (χ4n) is 1.84. The Hall–Kier alpha value is -2.42.